The summed E-state index contributed by atoms with van der Waals surface area (Å²) >= 11 is 5.74. The summed E-state index contributed by atoms with van der Waals surface area (Å²) in [6, 6.07) is 12.4. The molecule has 4 heteroatoms. The van der Waals surface area contributed by atoms with E-state index in [1.54, 1.807) is 36.4 Å². The number of carbonyl (C=O) groups is 2. The molecule has 0 heterocycles. The van der Waals surface area contributed by atoms with Crippen LogP contribution in [0.15, 0.2) is 48.5 Å². The van der Waals surface area contributed by atoms with Crippen LogP contribution in [0.5, 0.6) is 0 Å². The zero-order valence-electron chi connectivity index (χ0n) is 9.26. The van der Waals surface area contributed by atoms with Gasteiger partial charge in [-0.2, -0.15) is 0 Å². The summed E-state index contributed by atoms with van der Waals surface area (Å²) < 4.78 is 0. The number of benzene rings is 2. The molecule has 3 nitrogen and oxygen atoms in total. The molecule has 0 spiro atoms. The Bertz CT molecular complexity index is 603. The number of aromatic carboxylic acids is 1. The molecule has 90 valence electrons. The van der Waals surface area contributed by atoms with Gasteiger partial charge in [0.2, 0.25) is 0 Å². The minimum absolute atomic E-state index is 0.0924. The number of rotatable bonds is 3. The first-order chi connectivity index (χ1) is 8.58. The Morgan fingerprint density at radius 1 is 0.889 bits per heavy atom. The highest BCUT2D eigenvalue weighted by atomic mass is 35.5. The summed E-state index contributed by atoms with van der Waals surface area (Å²) in [6.07, 6.45) is 0. The second kappa shape index (κ2) is 5.02. The number of hydrogen-bond acceptors (Lipinski definition) is 2. The minimum atomic E-state index is -1.05. The summed E-state index contributed by atoms with van der Waals surface area (Å²) in [5.41, 5.74) is 0.911. The molecule has 0 aliphatic heterocycles. The zero-order chi connectivity index (χ0) is 13.1. The fraction of sp³-hybridized carbons (Fsp3) is 0. The molecule has 0 saturated carbocycles. The number of hydrogen-bond donors (Lipinski definition) is 1. The number of ketones is 1. The molecule has 0 aliphatic carbocycles. The summed E-state index contributed by atoms with van der Waals surface area (Å²) in [7, 11) is 0. The Labute approximate surface area is 109 Å². The van der Waals surface area contributed by atoms with Crippen molar-refractivity contribution in [1.29, 1.82) is 0 Å². The van der Waals surface area contributed by atoms with Crippen LogP contribution >= 0.6 is 11.6 Å². The Balaban J connectivity index is 2.37. The molecule has 0 radical (unpaired) electrons. The molecule has 0 unspecified atom stereocenters. The third kappa shape index (κ3) is 2.57. The van der Waals surface area contributed by atoms with Gasteiger partial charge in [-0.05, 0) is 36.4 Å². The highest BCUT2D eigenvalue weighted by Gasteiger charge is 2.11. The fourth-order valence-electron chi connectivity index (χ4n) is 1.56. The van der Waals surface area contributed by atoms with E-state index in [0.29, 0.717) is 16.1 Å². The molecule has 2 rings (SSSR count). The Morgan fingerprint density at radius 2 is 1.50 bits per heavy atom. The van der Waals surface area contributed by atoms with Crippen LogP contribution in [0.1, 0.15) is 26.3 Å². The normalized spacial score (nSPS) is 10.1. The lowest BCUT2D eigenvalue weighted by molar-refractivity contribution is 0.0697. The molecule has 2 aromatic carbocycles. The molecule has 0 bridgehead atoms. The Morgan fingerprint density at radius 3 is 2.11 bits per heavy atom. The van der Waals surface area contributed by atoms with Gasteiger partial charge in [-0.1, -0.05) is 23.7 Å². The van der Waals surface area contributed by atoms with Gasteiger partial charge < -0.3 is 5.11 Å². The van der Waals surface area contributed by atoms with Crippen LogP contribution in [-0.4, -0.2) is 16.9 Å². The third-order valence-corrected chi connectivity index (χ3v) is 2.73. The molecule has 18 heavy (non-hydrogen) atoms. The molecule has 2 aromatic rings. The number of carboxylic acids is 1. The van der Waals surface area contributed by atoms with Gasteiger partial charge in [-0.25, -0.2) is 4.79 Å². The quantitative estimate of drug-likeness (QED) is 0.862. The molecule has 0 amide bonds. The smallest absolute Gasteiger partial charge is 0.335 e. The molecule has 0 atom stereocenters. The van der Waals surface area contributed by atoms with Crippen LogP contribution in [0.2, 0.25) is 5.02 Å². The highest BCUT2D eigenvalue weighted by molar-refractivity contribution is 6.30. The van der Waals surface area contributed by atoms with Crippen LogP contribution in [0.4, 0.5) is 0 Å². The van der Waals surface area contributed by atoms with E-state index in [-0.39, 0.29) is 11.3 Å². The van der Waals surface area contributed by atoms with E-state index in [0.717, 1.165) is 0 Å². The largest absolute Gasteiger partial charge is 0.478 e. The molecule has 0 aliphatic rings. The molecule has 0 saturated heterocycles. The van der Waals surface area contributed by atoms with Gasteiger partial charge in [0.25, 0.3) is 0 Å². The lowest BCUT2D eigenvalue weighted by Crippen LogP contribution is -2.04. The average molecular weight is 261 g/mol. The fourth-order valence-corrected chi connectivity index (χ4v) is 1.69. The van der Waals surface area contributed by atoms with E-state index >= 15 is 0 Å². The SMILES string of the molecule is O=C(O)c1cccc(C(=O)c2ccc(Cl)cc2)c1. The van der Waals surface area contributed by atoms with E-state index in [2.05, 4.69) is 0 Å². The first-order valence-electron chi connectivity index (χ1n) is 5.21. The van der Waals surface area contributed by atoms with Crippen LogP contribution in [0.25, 0.3) is 0 Å². The Hall–Kier alpha value is -2.13. The maximum absolute atomic E-state index is 12.1. The molecule has 1 N–H and O–H groups in total. The van der Waals surface area contributed by atoms with E-state index < -0.39 is 5.97 Å². The van der Waals surface area contributed by atoms with E-state index in [9.17, 15) is 9.59 Å². The van der Waals surface area contributed by atoms with Crippen molar-refractivity contribution in [3.8, 4) is 0 Å². The van der Waals surface area contributed by atoms with Gasteiger partial charge in [-0.15, -0.1) is 0 Å². The standard InChI is InChI=1S/C14H9ClO3/c15-12-6-4-9(5-7-12)13(16)10-2-1-3-11(8-10)14(17)18/h1-8H,(H,17,18). The lowest BCUT2D eigenvalue weighted by atomic mass is 10.0. The monoisotopic (exact) mass is 260 g/mol. The predicted octanol–water partition coefficient (Wildman–Crippen LogP) is 3.27. The molecular weight excluding hydrogens is 252 g/mol. The minimum Gasteiger partial charge on any atom is -0.478 e. The maximum atomic E-state index is 12.1. The van der Waals surface area contributed by atoms with Gasteiger partial charge in [0.1, 0.15) is 0 Å². The predicted molar refractivity (Wildman–Crippen MR) is 68.3 cm³/mol. The maximum Gasteiger partial charge on any atom is 0.335 e. The van der Waals surface area contributed by atoms with Gasteiger partial charge >= 0.3 is 5.97 Å². The first kappa shape index (κ1) is 12.3. The summed E-state index contributed by atoms with van der Waals surface area (Å²) in [4.78, 5) is 22.9. The van der Waals surface area contributed by atoms with E-state index in [1.807, 2.05) is 0 Å². The lowest BCUT2D eigenvalue weighted by Gasteiger charge is -2.02. The van der Waals surface area contributed by atoms with Crippen LogP contribution in [0, 0.1) is 0 Å². The van der Waals surface area contributed by atoms with Crippen LogP contribution in [0.3, 0.4) is 0 Å². The van der Waals surface area contributed by atoms with Crippen molar-refractivity contribution in [2.75, 3.05) is 0 Å². The van der Waals surface area contributed by atoms with Gasteiger partial charge in [-0.3, -0.25) is 4.79 Å². The van der Waals surface area contributed by atoms with Crippen LogP contribution < -0.4 is 0 Å². The third-order valence-electron chi connectivity index (χ3n) is 2.48. The van der Waals surface area contributed by atoms with Gasteiger partial charge in [0, 0.05) is 16.1 Å². The van der Waals surface area contributed by atoms with Crippen LogP contribution in [-0.2, 0) is 0 Å². The van der Waals surface area contributed by atoms with E-state index in [1.165, 1.54) is 12.1 Å². The number of carboxylic acid groups (broad SMARTS) is 1. The first-order valence-corrected chi connectivity index (χ1v) is 5.59. The van der Waals surface area contributed by atoms with Crippen molar-refractivity contribution in [3.05, 3.63) is 70.2 Å². The molecular formula is C14H9ClO3. The van der Waals surface area contributed by atoms with Crippen molar-refractivity contribution in [1.82, 2.24) is 0 Å². The molecule has 0 fully saturated rings. The highest BCUT2D eigenvalue weighted by Crippen LogP contribution is 2.15. The second-order valence-electron chi connectivity index (χ2n) is 3.72. The number of carbonyl (C=O) groups excluding carboxylic acids is 1. The van der Waals surface area contributed by atoms with E-state index in [4.69, 9.17) is 16.7 Å². The second-order valence-corrected chi connectivity index (χ2v) is 4.16. The van der Waals surface area contributed by atoms with Crippen molar-refractivity contribution in [2.45, 2.75) is 0 Å². The molecule has 0 aromatic heterocycles. The van der Waals surface area contributed by atoms with Crippen molar-refractivity contribution < 1.29 is 14.7 Å². The number of halogens is 1. The summed E-state index contributed by atoms with van der Waals surface area (Å²) in [5.74, 6) is -1.28. The Kier molecular flexibility index (Phi) is 3.44. The van der Waals surface area contributed by atoms with Crippen molar-refractivity contribution >= 4 is 23.4 Å². The summed E-state index contributed by atoms with van der Waals surface area (Å²) in [5, 5.41) is 9.42. The van der Waals surface area contributed by atoms with Crippen molar-refractivity contribution in [2.24, 2.45) is 0 Å². The van der Waals surface area contributed by atoms with Gasteiger partial charge in [0.05, 0.1) is 5.56 Å². The average Bonchev–Trinajstić information content (AvgIpc) is 2.39. The zero-order valence-corrected chi connectivity index (χ0v) is 10.0. The topological polar surface area (TPSA) is 54.4 Å². The van der Waals surface area contributed by atoms with Gasteiger partial charge in [0.15, 0.2) is 5.78 Å². The van der Waals surface area contributed by atoms with Crippen molar-refractivity contribution in [3.63, 3.8) is 0 Å². The summed E-state index contributed by atoms with van der Waals surface area (Å²) in [6.45, 7) is 0.